The van der Waals surface area contributed by atoms with Gasteiger partial charge in [0.05, 0.1) is 31.2 Å². The lowest BCUT2D eigenvalue weighted by molar-refractivity contribution is 0.0602. The molecule has 0 saturated heterocycles. The Morgan fingerprint density at radius 3 is 2.81 bits per heavy atom. The van der Waals surface area contributed by atoms with Crippen LogP contribution < -0.4 is 10.6 Å². The number of nitrogen functional groups attached to an aromatic ring is 1. The lowest BCUT2D eigenvalue weighted by atomic mass is 9.94. The fraction of sp³-hybridized carbons (Fsp3) is 0.600. The van der Waals surface area contributed by atoms with E-state index in [4.69, 9.17) is 10.5 Å². The van der Waals surface area contributed by atoms with Crippen LogP contribution in [-0.4, -0.2) is 42.4 Å². The fourth-order valence-corrected chi connectivity index (χ4v) is 2.88. The average Bonchev–Trinajstić information content (AvgIpc) is 2.53. The van der Waals surface area contributed by atoms with Crippen LogP contribution in [0.4, 0.5) is 11.5 Å². The highest BCUT2D eigenvalue weighted by Gasteiger charge is 2.23. The molecular weight excluding hydrogens is 270 g/mol. The first-order chi connectivity index (χ1) is 10.2. The lowest BCUT2D eigenvalue weighted by Crippen LogP contribution is -2.39. The van der Waals surface area contributed by atoms with Gasteiger partial charge in [0.25, 0.3) is 0 Å². The number of ether oxygens (including phenoxy) is 1. The molecule has 0 aliphatic heterocycles. The minimum atomic E-state index is -0.469. The maximum Gasteiger partial charge on any atom is 0.340 e. The van der Waals surface area contributed by atoms with Crippen LogP contribution in [0, 0.1) is 0 Å². The molecule has 0 bridgehead atoms. The molecule has 21 heavy (non-hydrogen) atoms. The van der Waals surface area contributed by atoms with Gasteiger partial charge in [0.1, 0.15) is 5.82 Å². The van der Waals surface area contributed by atoms with Crippen LogP contribution in [0.1, 0.15) is 42.5 Å². The van der Waals surface area contributed by atoms with E-state index in [1.165, 1.54) is 32.6 Å². The van der Waals surface area contributed by atoms with Gasteiger partial charge in [0, 0.05) is 12.6 Å². The molecule has 1 aliphatic rings. The Labute approximate surface area is 124 Å². The Morgan fingerprint density at radius 2 is 2.19 bits per heavy atom. The molecule has 0 unspecified atom stereocenters. The van der Waals surface area contributed by atoms with Gasteiger partial charge in [0.2, 0.25) is 0 Å². The van der Waals surface area contributed by atoms with E-state index in [0.29, 0.717) is 29.7 Å². The van der Waals surface area contributed by atoms with Crippen molar-refractivity contribution in [2.75, 3.05) is 30.9 Å². The molecule has 1 aliphatic carbocycles. The minimum Gasteiger partial charge on any atom is -0.465 e. The number of nitrogens with zero attached hydrogens (tertiary/aromatic N) is 2. The van der Waals surface area contributed by atoms with Crippen molar-refractivity contribution < 1.29 is 14.6 Å². The molecule has 1 fully saturated rings. The molecule has 116 valence electrons. The summed E-state index contributed by atoms with van der Waals surface area (Å²) in [7, 11) is 1.33. The zero-order valence-electron chi connectivity index (χ0n) is 12.4. The molecule has 2 rings (SSSR count). The van der Waals surface area contributed by atoms with Crippen LogP contribution in [0.25, 0.3) is 0 Å². The van der Waals surface area contributed by atoms with Crippen molar-refractivity contribution in [1.29, 1.82) is 0 Å². The first-order valence-corrected chi connectivity index (χ1v) is 7.38. The smallest absolute Gasteiger partial charge is 0.340 e. The Hall–Kier alpha value is -1.82. The van der Waals surface area contributed by atoms with Gasteiger partial charge in [-0.2, -0.15) is 0 Å². The van der Waals surface area contributed by atoms with Crippen LogP contribution in [0.15, 0.2) is 12.3 Å². The molecule has 1 aromatic heterocycles. The zero-order valence-corrected chi connectivity index (χ0v) is 12.4. The van der Waals surface area contributed by atoms with Crippen LogP contribution >= 0.6 is 0 Å². The number of carbonyl (C=O) groups is 1. The number of esters is 1. The largest absolute Gasteiger partial charge is 0.465 e. The van der Waals surface area contributed by atoms with E-state index in [1.807, 2.05) is 0 Å². The molecule has 3 N–H and O–H groups in total. The summed E-state index contributed by atoms with van der Waals surface area (Å²) in [5.41, 5.74) is 6.41. The van der Waals surface area contributed by atoms with Gasteiger partial charge < -0.3 is 20.5 Å². The molecule has 1 aromatic rings. The number of rotatable bonds is 5. The first-order valence-electron chi connectivity index (χ1n) is 7.38. The number of aliphatic hydroxyl groups is 1. The summed E-state index contributed by atoms with van der Waals surface area (Å²) in [6, 6.07) is 2.01. The van der Waals surface area contributed by atoms with E-state index in [9.17, 15) is 9.90 Å². The Morgan fingerprint density at radius 1 is 1.48 bits per heavy atom. The third-order valence-corrected chi connectivity index (χ3v) is 3.98. The second kappa shape index (κ2) is 7.26. The van der Waals surface area contributed by atoms with Crippen molar-refractivity contribution in [3.8, 4) is 0 Å². The molecule has 6 heteroatoms. The monoisotopic (exact) mass is 293 g/mol. The third kappa shape index (κ3) is 3.64. The third-order valence-electron chi connectivity index (χ3n) is 3.98. The molecule has 0 spiro atoms. The van der Waals surface area contributed by atoms with Crippen molar-refractivity contribution in [3.63, 3.8) is 0 Å². The maximum atomic E-state index is 11.7. The maximum absolute atomic E-state index is 11.7. The number of pyridine rings is 1. The quantitative estimate of drug-likeness (QED) is 0.801. The highest BCUT2D eigenvalue weighted by Crippen LogP contribution is 2.27. The van der Waals surface area contributed by atoms with Crippen molar-refractivity contribution in [2.45, 2.75) is 38.1 Å². The van der Waals surface area contributed by atoms with Gasteiger partial charge >= 0.3 is 5.97 Å². The Bertz CT molecular complexity index is 487. The normalized spacial score (nSPS) is 15.7. The Kier molecular flexibility index (Phi) is 5.38. The van der Waals surface area contributed by atoms with Gasteiger partial charge in [0.15, 0.2) is 0 Å². The predicted octanol–water partition coefficient (Wildman–Crippen LogP) is 1.58. The van der Waals surface area contributed by atoms with Crippen molar-refractivity contribution in [1.82, 2.24) is 4.98 Å². The van der Waals surface area contributed by atoms with E-state index < -0.39 is 5.97 Å². The summed E-state index contributed by atoms with van der Waals surface area (Å²) in [4.78, 5) is 18.2. The summed E-state index contributed by atoms with van der Waals surface area (Å²) in [5.74, 6) is 0.203. The molecule has 6 nitrogen and oxygen atoms in total. The molecule has 0 radical (unpaired) electrons. The molecule has 0 atom stereocenters. The predicted molar refractivity (Wildman–Crippen MR) is 81.3 cm³/mol. The topological polar surface area (TPSA) is 88.7 Å². The first kappa shape index (κ1) is 15.6. The van der Waals surface area contributed by atoms with Gasteiger partial charge in [-0.1, -0.05) is 19.3 Å². The number of carbonyl (C=O) groups excluding carboxylic acids is 1. The van der Waals surface area contributed by atoms with Gasteiger partial charge in [-0.15, -0.1) is 0 Å². The number of nitrogens with two attached hydrogens (primary N) is 1. The highest BCUT2D eigenvalue weighted by atomic mass is 16.5. The van der Waals surface area contributed by atoms with Crippen LogP contribution in [-0.2, 0) is 4.74 Å². The van der Waals surface area contributed by atoms with E-state index in [2.05, 4.69) is 9.88 Å². The van der Waals surface area contributed by atoms with Gasteiger partial charge in [-0.05, 0) is 18.9 Å². The van der Waals surface area contributed by atoms with Crippen LogP contribution in [0.5, 0.6) is 0 Å². The fourth-order valence-electron chi connectivity index (χ4n) is 2.88. The number of methoxy groups -OCH3 is 1. The SMILES string of the molecule is COC(=O)c1cc(N(CCO)C2CCCCC2)ncc1N. The Balaban J connectivity index is 2.28. The standard InChI is InChI=1S/C15H23N3O3/c1-21-15(20)12-9-14(17-10-13(12)16)18(7-8-19)11-5-3-2-4-6-11/h9-11,19H,2-8,16H2,1H3. The van der Waals surface area contributed by atoms with Crippen molar-refractivity contribution in [3.05, 3.63) is 17.8 Å². The summed E-state index contributed by atoms with van der Waals surface area (Å²) in [6.45, 7) is 0.554. The number of hydrogen-bond acceptors (Lipinski definition) is 6. The summed E-state index contributed by atoms with van der Waals surface area (Å²) in [5, 5.41) is 9.32. The number of hydrogen-bond donors (Lipinski definition) is 2. The molecule has 0 aromatic carbocycles. The highest BCUT2D eigenvalue weighted by molar-refractivity contribution is 5.95. The van der Waals surface area contributed by atoms with Gasteiger partial charge in [-0.25, -0.2) is 9.78 Å². The summed E-state index contributed by atoms with van der Waals surface area (Å²) in [6.07, 6.45) is 7.27. The molecule has 0 amide bonds. The molecular formula is C15H23N3O3. The number of anilines is 2. The van der Waals surface area contributed by atoms with Crippen LogP contribution in [0.3, 0.4) is 0 Å². The summed E-state index contributed by atoms with van der Waals surface area (Å²) >= 11 is 0. The van der Waals surface area contributed by atoms with E-state index in [-0.39, 0.29) is 6.61 Å². The van der Waals surface area contributed by atoms with E-state index in [0.717, 1.165) is 12.8 Å². The molecule has 1 heterocycles. The van der Waals surface area contributed by atoms with Gasteiger partial charge in [-0.3, -0.25) is 0 Å². The number of aliphatic hydroxyl groups excluding tert-OH is 1. The molecule has 1 saturated carbocycles. The average molecular weight is 293 g/mol. The van der Waals surface area contributed by atoms with E-state index in [1.54, 1.807) is 6.07 Å². The zero-order chi connectivity index (χ0) is 15.2. The second-order valence-corrected chi connectivity index (χ2v) is 5.33. The second-order valence-electron chi connectivity index (χ2n) is 5.33. The minimum absolute atomic E-state index is 0.0517. The number of aromatic nitrogens is 1. The van der Waals surface area contributed by atoms with Crippen molar-refractivity contribution >= 4 is 17.5 Å². The van der Waals surface area contributed by atoms with E-state index >= 15 is 0 Å². The van der Waals surface area contributed by atoms with Crippen LogP contribution in [0.2, 0.25) is 0 Å². The van der Waals surface area contributed by atoms with Crippen molar-refractivity contribution in [2.24, 2.45) is 0 Å². The summed E-state index contributed by atoms with van der Waals surface area (Å²) < 4.78 is 4.74. The lowest BCUT2D eigenvalue weighted by Gasteiger charge is -2.35.